The lowest BCUT2D eigenvalue weighted by atomic mass is 10.2. The van der Waals surface area contributed by atoms with E-state index in [1.165, 1.54) is 6.92 Å². The molecule has 0 aliphatic carbocycles. The lowest BCUT2D eigenvalue weighted by Gasteiger charge is -2.07. The molecule has 19 heavy (non-hydrogen) atoms. The molecule has 1 heterocycles. The van der Waals surface area contributed by atoms with E-state index in [9.17, 15) is 14.4 Å². The Morgan fingerprint density at radius 3 is 2.74 bits per heavy atom. The molecule has 1 aromatic rings. The van der Waals surface area contributed by atoms with Gasteiger partial charge in [0, 0.05) is 12.2 Å². The Morgan fingerprint density at radius 2 is 2.16 bits per heavy atom. The molecule has 0 aliphatic rings. The van der Waals surface area contributed by atoms with Crippen LogP contribution in [0.1, 0.15) is 29.4 Å². The Kier molecular flexibility index (Phi) is 5.56. The van der Waals surface area contributed by atoms with Gasteiger partial charge in [-0.3, -0.25) is 4.79 Å². The fourth-order valence-electron chi connectivity index (χ4n) is 1.37. The molecule has 104 valence electrons. The van der Waals surface area contributed by atoms with Gasteiger partial charge in [0.15, 0.2) is 0 Å². The molecule has 0 bridgehead atoms. The number of carboxylic acid groups (broad SMARTS) is 1. The first-order valence-corrected chi connectivity index (χ1v) is 6.68. The maximum Gasteiger partial charge on any atom is 0.346 e. The fourth-order valence-corrected chi connectivity index (χ4v) is 2.27. The van der Waals surface area contributed by atoms with Gasteiger partial charge in [0.25, 0.3) is 0 Å². The largest absolute Gasteiger partial charge is 0.478 e. The molecule has 0 aromatic carbocycles. The Bertz CT molecular complexity index is 541. The molecule has 0 spiro atoms. The number of carboxylic acids is 1. The zero-order valence-corrected chi connectivity index (χ0v) is 11.5. The standard InChI is InChI=1S/C11H15N3O4S/c1-3-4-12-7(15)5-19-9-8(10(16)17)6(2)13-11(18)14-9/h3-5H2,1-2H3,(H,12,15)(H,16,17)(H,13,14,18). The first-order valence-electron chi connectivity index (χ1n) is 5.69. The van der Waals surface area contributed by atoms with Crippen LogP contribution in [0.3, 0.4) is 0 Å². The second kappa shape index (κ2) is 6.93. The predicted molar refractivity (Wildman–Crippen MR) is 70.6 cm³/mol. The Labute approximate surface area is 113 Å². The third-order valence-electron chi connectivity index (χ3n) is 2.21. The lowest BCUT2D eigenvalue weighted by Crippen LogP contribution is -2.26. The number of hydrogen-bond donors (Lipinski definition) is 3. The average molecular weight is 285 g/mol. The maximum atomic E-state index is 11.4. The van der Waals surface area contributed by atoms with Crippen molar-refractivity contribution in [3.05, 3.63) is 21.7 Å². The number of nitrogens with one attached hydrogen (secondary N) is 2. The van der Waals surface area contributed by atoms with Crippen LogP contribution in [-0.4, -0.2) is 39.2 Å². The van der Waals surface area contributed by atoms with Gasteiger partial charge >= 0.3 is 11.7 Å². The van der Waals surface area contributed by atoms with E-state index in [1.807, 2.05) is 6.92 Å². The summed E-state index contributed by atoms with van der Waals surface area (Å²) in [5.41, 5.74) is -0.476. The SMILES string of the molecule is CCCNC(=O)CSc1nc(=O)[nH]c(C)c1C(=O)O. The number of aromatic carboxylic acids is 1. The molecular weight excluding hydrogens is 270 g/mol. The molecule has 0 radical (unpaired) electrons. The molecule has 1 aromatic heterocycles. The minimum atomic E-state index is -1.18. The van der Waals surface area contributed by atoms with Gasteiger partial charge in [-0.15, -0.1) is 0 Å². The summed E-state index contributed by atoms with van der Waals surface area (Å²) in [6, 6.07) is 0. The van der Waals surface area contributed by atoms with E-state index in [0.29, 0.717) is 6.54 Å². The van der Waals surface area contributed by atoms with Crippen molar-refractivity contribution in [3.63, 3.8) is 0 Å². The van der Waals surface area contributed by atoms with E-state index in [2.05, 4.69) is 15.3 Å². The minimum absolute atomic E-state index is 0.0240. The average Bonchev–Trinajstić information content (AvgIpc) is 2.32. The van der Waals surface area contributed by atoms with Crippen molar-refractivity contribution in [2.45, 2.75) is 25.3 Å². The molecule has 0 atom stereocenters. The number of aryl methyl sites for hydroxylation is 1. The van der Waals surface area contributed by atoms with Crippen molar-refractivity contribution < 1.29 is 14.7 Å². The van der Waals surface area contributed by atoms with Gasteiger partial charge in [-0.1, -0.05) is 18.7 Å². The fraction of sp³-hybridized carbons (Fsp3) is 0.455. The van der Waals surface area contributed by atoms with Crippen LogP contribution in [-0.2, 0) is 4.79 Å². The molecule has 0 fully saturated rings. The number of carbonyl (C=O) groups is 2. The number of amides is 1. The van der Waals surface area contributed by atoms with Gasteiger partial charge in [-0.05, 0) is 13.3 Å². The summed E-state index contributed by atoms with van der Waals surface area (Å²) in [4.78, 5) is 39.7. The number of aromatic nitrogens is 2. The van der Waals surface area contributed by atoms with Crippen LogP contribution in [0.4, 0.5) is 0 Å². The molecule has 0 aliphatic heterocycles. The number of carbonyl (C=O) groups excluding carboxylic acids is 1. The number of aromatic amines is 1. The van der Waals surface area contributed by atoms with Gasteiger partial charge in [-0.25, -0.2) is 9.59 Å². The molecule has 0 saturated carbocycles. The highest BCUT2D eigenvalue weighted by Gasteiger charge is 2.17. The monoisotopic (exact) mass is 285 g/mol. The smallest absolute Gasteiger partial charge is 0.346 e. The van der Waals surface area contributed by atoms with E-state index in [-0.39, 0.29) is 27.9 Å². The first-order chi connectivity index (χ1) is 8.95. The number of thioether (sulfide) groups is 1. The molecule has 8 heteroatoms. The number of H-pyrrole nitrogens is 1. The van der Waals surface area contributed by atoms with Crippen molar-refractivity contribution in [2.75, 3.05) is 12.3 Å². The Hall–Kier alpha value is -1.83. The first kappa shape index (κ1) is 15.2. The number of rotatable bonds is 6. The quantitative estimate of drug-likeness (QED) is 0.515. The lowest BCUT2D eigenvalue weighted by molar-refractivity contribution is -0.118. The van der Waals surface area contributed by atoms with Gasteiger partial charge in [0.2, 0.25) is 5.91 Å². The summed E-state index contributed by atoms with van der Waals surface area (Å²) < 4.78 is 0. The molecule has 3 N–H and O–H groups in total. The summed E-state index contributed by atoms with van der Waals surface area (Å²) in [7, 11) is 0. The van der Waals surface area contributed by atoms with Crippen LogP contribution >= 0.6 is 11.8 Å². The van der Waals surface area contributed by atoms with E-state index in [0.717, 1.165) is 18.2 Å². The zero-order chi connectivity index (χ0) is 14.4. The summed E-state index contributed by atoms with van der Waals surface area (Å²) >= 11 is 0.938. The zero-order valence-electron chi connectivity index (χ0n) is 10.6. The third-order valence-corrected chi connectivity index (χ3v) is 3.19. The van der Waals surface area contributed by atoms with Crippen LogP contribution in [0.2, 0.25) is 0 Å². The Morgan fingerprint density at radius 1 is 1.47 bits per heavy atom. The van der Waals surface area contributed by atoms with Crippen molar-refractivity contribution in [2.24, 2.45) is 0 Å². The highest BCUT2D eigenvalue weighted by atomic mass is 32.2. The van der Waals surface area contributed by atoms with Crippen molar-refractivity contribution in [1.82, 2.24) is 15.3 Å². The van der Waals surface area contributed by atoms with Crippen LogP contribution in [0.15, 0.2) is 9.82 Å². The molecule has 0 unspecified atom stereocenters. The van der Waals surface area contributed by atoms with Crippen molar-refractivity contribution in [3.8, 4) is 0 Å². The number of hydrogen-bond acceptors (Lipinski definition) is 5. The van der Waals surface area contributed by atoms with Crippen LogP contribution in [0.25, 0.3) is 0 Å². The summed E-state index contributed by atoms with van der Waals surface area (Å²) in [6.07, 6.45) is 0.819. The maximum absolute atomic E-state index is 11.4. The molecule has 0 saturated heterocycles. The number of nitrogens with zero attached hydrogens (tertiary/aromatic N) is 1. The molecule has 7 nitrogen and oxygen atoms in total. The molecule has 1 rings (SSSR count). The summed E-state index contributed by atoms with van der Waals surface area (Å²) in [5.74, 6) is -1.38. The Balaban J connectivity index is 2.85. The van der Waals surface area contributed by atoms with Crippen LogP contribution < -0.4 is 11.0 Å². The highest BCUT2D eigenvalue weighted by molar-refractivity contribution is 8.00. The highest BCUT2D eigenvalue weighted by Crippen LogP contribution is 2.20. The van der Waals surface area contributed by atoms with Gasteiger partial charge in [0.1, 0.15) is 10.6 Å². The third kappa shape index (κ3) is 4.40. The van der Waals surface area contributed by atoms with Crippen LogP contribution in [0, 0.1) is 6.92 Å². The van der Waals surface area contributed by atoms with Crippen molar-refractivity contribution in [1.29, 1.82) is 0 Å². The normalized spacial score (nSPS) is 10.2. The second-order valence-electron chi connectivity index (χ2n) is 3.79. The molecule has 1 amide bonds. The predicted octanol–water partition coefficient (Wildman–Crippen LogP) is 0.395. The minimum Gasteiger partial charge on any atom is -0.478 e. The van der Waals surface area contributed by atoms with E-state index in [1.54, 1.807) is 0 Å². The topological polar surface area (TPSA) is 112 Å². The van der Waals surface area contributed by atoms with Gasteiger partial charge in [0.05, 0.1) is 5.75 Å². The summed E-state index contributed by atoms with van der Waals surface area (Å²) in [5, 5.41) is 11.8. The van der Waals surface area contributed by atoms with E-state index >= 15 is 0 Å². The van der Waals surface area contributed by atoms with Crippen LogP contribution in [0.5, 0.6) is 0 Å². The van der Waals surface area contributed by atoms with Gasteiger partial charge < -0.3 is 15.4 Å². The van der Waals surface area contributed by atoms with Gasteiger partial charge in [-0.2, -0.15) is 4.98 Å². The van der Waals surface area contributed by atoms with E-state index < -0.39 is 11.7 Å². The summed E-state index contributed by atoms with van der Waals surface area (Å²) in [6.45, 7) is 3.97. The second-order valence-corrected chi connectivity index (χ2v) is 4.75. The van der Waals surface area contributed by atoms with E-state index in [4.69, 9.17) is 5.11 Å². The molecular formula is C11H15N3O4S. The van der Waals surface area contributed by atoms with Crippen molar-refractivity contribution >= 4 is 23.6 Å².